The Bertz CT molecular complexity index is 742. The fraction of sp³-hybridized carbons (Fsp3) is 0.647. The monoisotopic (exact) mass is 367 g/mol. The molecule has 1 aliphatic heterocycles. The lowest BCUT2D eigenvalue weighted by Gasteiger charge is -2.30. The van der Waals surface area contributed by atoms with Gasteiger partial charge in [-0.25, -0.2) is 13.4 Å². The molecule has 2 heterocycles. The van der Waals surface area contributed by atoms with Crippen molar-refractivity contribution in [1.29, 1.82) is 0 Å². The van der Waals surface area contributed by atoms with Gasteiger partial charge in [0, 0.05) is 12.2 Å². The lowest BCUT2D eigenvalue weighted by Crippen LogP contribution is -2.41. The Labute approximate surface area is 148 Å². The summed E-state index contributed by atoms with van der Waals surface area (Å²) in [5.74, 6) is 0.105. The van der Waals surface area contributed by atoms with Crippen molar-refractivity contribution in [3.63, 3.8) is 0 Å². The number of pyridine rings is 1. The first-order chi connectivity index (χ1) is 11.9. The molecule has 0 radical (unpaired) electrons. The summed E-state index contributed by atoms with van der Waals surface area (Å²) in [5.41, 5.74) is 0.715. The van der Waals surface area contributed by atoms with Crippen molar-refractivity contribution < 1.29 is 17.9 Å². The van der Waals surface area contributed by atoms with Crippen LogP contribution in [-0.4, -0.2) is 44.3 Å². The quantitative estimate of drug-likeness (QED) is 0.859. The van der Waals surface area contributed by atoms with Gasteiger partial charge in [0.2, 0.25) is 15.9 Å². The van der Waals surface area contributed by atoms with E-state index in [0.717, 1.165) is 25.7 Å². The van der Waals surface area contributed by atoms with E-state index in [4.69, 9.17) is 4.74 Å². The summed E-state index contributed by atoms with van der Waals surface area (Å²) in [6.45, 7) is 4.22. The molecule has 138 valence electrons. The van der Waals surface area contributed by atoms with Crippen molar-refractivity contribution in [2.75, 3.05) is 23.2 Å². The summed E-state index contributed by atoms with van der Waals surface area (Å²) in [6.07, 6.45) is 5.68. The summed E-state index contributed by atoms with van der Waals surface area (Å²) < 4.78 is 32.1. The zero-order chi connectivity index (χ0) is 18.0. The van der Waals surface area contributed by atoms with Gasteiger partial charge in [0.15, 0.2) is 0 Å². The average molecular weight is 367 g/mol. The second-order valence-electron chi connectivity index (χ2n) is 7.10. The standard InChI is InChI=1S/C17H25N3O4S/c1-12(2)11-25(22,23)20-7-8-24-17-15(20)9-13(10-18-17)16(21)19-14-5-3-4-6-14/h9-10,12,14H,3-8,11H2,1-2H3,(H,19,21). The minimum absolute atomic E-state index is 0.0121. The number of nitrogens with one attached hydrogen (secondary N) is 1. The number of aromatic nitrogens is 1. The maximum atomic E-state index is 12.7. The SMILES string of the molecule is CC(C)CS(=O)(=O)N1CCOc2ncc(C(=O)NC3CCCC3)cc21. The number of rotatable bonds is 5. The van der Waals surface area contributed by atoms with Gasteiger partial charge in [0.05, 0.1) is 17.9 Å². The maximum absolute atomic E-state index is 12.7. The van der Waals surface area contributed by atoms with Crippen LogP contribution in [0.15, 0.2) is 12.3 Å². The molecular formula is C17H25N3O4S. The third-order valence-electron chi connectivity index (χ3n) is 4.47. The molecular weight excluding hydrogens is 342 g/mol. The van der Waals surface area contributed by atoms with Crippen LogP contribution in [0.4, 0.5) is 5.69 Å². The summed E-state index contributed by atoms with van der Waals surface area (Å²) in [6, 6.07) is 1.77. The number of fused-ring (bicyclic) bond motifs is 1. The highest BCUT2D eigenvalue weighted by Crippen LogP contribution is 2.33. The zero-order valence-electron chi connectivity index (χ0n) is 14.7. The molecule has 0 aromatic carbocycles. The van der Waals surface area contributed by atoms with Crippen LogP contribution in [-0.2, 0) is 10.0 Å². The number of amides is 1. The fourth-order valence-corrected chi connectivity index (χ4v) is 5.14. The summed E-state index contributed by atoms with van der Waals surface area (Å²) in [7, 11) is -3.48. The molecule has 1 N–H and O–H groups in total. The number of carbonyl (C=O) groups is 1. The van der Waals surface area contributed by atoms with E-state index >= 15 is 0 Å². The largest absolute Gasteiger partial charge is 0.474 e. The number of hydrogen-bond acceptors (Lipinski definition) is 5. The van der Waals surface area contributed by atoms with Crippen LogP contribution in [0, 0.1) is 5.92 Å². The minimum Gasteiger partial charge on any atom is -0.474 e. The van der Waals surface area contributed by atoms with Gasteiger partial charge in [-0.3, -0.25) is 9.10 Å². The molecule has 7 nitrogen and oxygen atoms in total. The van der Waals surface area contributed by atoms with Gasteiger partial charge >= 0.3 is 0 Å². The normalized spacial score (nSPS) is 18.1. The molecule has 1 aromatic heterocycles. The van der Waals surface area contributed by atoms with E-state index in [1.807, 2.05) is 13.8 Å². The summed E-state index contributed by atoms with van der Waals surface area (Å²) in [4.78, 5) is 16.6. The highest BCUT2D eigenvalue weighted by Gasteiger charge is 2.31. The van der Waals surface area contributed by atoms with Gasteiger partial charge < -0.3 is 10.1 Å². The van der Waals surface area contributed by atoms with Gasteiger partial charge in [0.1, 0.15) is 12.3 Å². The Morgan fingerprint density at radius 3 is 2.80 bits per heavy atom. The molecule has 0 bridgehead atoms. The van der Waals surface area contributed by atoms with Crippen LogP contribution in [0.25, 0.3) is 0 Å². The Hall–Kier alpha value is -1.83. The molecule has 1 fully saturated rings. The Morgan fingerprint density at radius 1 is 1.40 bits per heavy atom. The predicted molar refractivity (Wildman–Crippen MR) is 95.4 cm³/mol. The van der Waals surface area contributed by atoms with Crippen LogP contribution in [0.5, 0.6) is 5.88 Å². The second-order valence-corrected chi connectivity index (χ2v) is 9.03. The van der Waals surface area contributed by atoms with Crippen molar-refractivity contribution in [3.05, 3.63) is 17.8 Å². The predicted octanol–water partition coefficient (Wildman–Crippen LogP) is 1.94. The number of nitrogens with zero attached hydrogens (tertiary/aromatic N) is 2. The molecule has 0 saturated heterocycles. The molecule has 1 aliphatic carbocycles. The maximum Gasteiger partial charge on any atom is 0.253 e. The van der Waals surface area contributed by atoms with Gasteiger partial charge in [-0.2, -0.15) is 0 Å². The molecule has 0 atom stereocenters. The molecule has 0 unspecified atom stereocenters. The highest BCUT2D eigenvalue weighted by atomic mass is 32.2. The van der Waals surface area contributed by atoms with Crippen LogP contribution in [0.2, 0.25) is 0 Å². The van der Waals surface area contributed by atoms with Gasteiger partial charge in [-0.1, -0.05) is 26.7 Å². The van der Waals surface area contributed by atoms with E-state index < -0.39 is 10.0 Å². The van der Waals surface area contributed by atoms with Gasteiger partial charge in [-0.05, 0) is 24.8 Å². The second kappa shape index (κ2) is 7.19. The fourth-order valence-electron chi connectivity index (χ4n) is 3.34. The Kier molecular flexibility index (Phi) is 5.17. The average Bonchev–Trinajstić information content (AvgIpc) is 3.05. The molecule has 1 aromatic rings. The van der Waals surface area contributed by atoms with Crippen LogP contribution in [0.1, 0.15) is 49.9 Å². The molecule has 1 saturated carbocycles. The molecule has 2 aliphatic rings. The molecule has 3 rings (SSSR count). The number of carbonyl (C=O) groups excluding carboxylic acids is 1. The Balaban J connectivity index is 1.86. The first-order valence-corrected chi connectivity index (χ1v) is 10.4. The number of sulfonamides is 1. The third kappa shape index (κ3) is 4.05. The highest BCUT2D eigenvalue weighted by molar-refractivity contribution is 7.92. The van der Waals surface area contributed by atoms with Crippen molar-refractivity contribution in [2.24, 2.45) is 5.92 Å². The van der Waals surface area contributed by atoms with Crippen molar-refractivity contribution in [1.82, 2.24) is 10.3 Å². The number of ether oxygens (including phenoxy) is 1. The van der Waals surface area contributed by atoms with E-state index in [2.05, 4.69) is 10.3 Å². The summed E-state index contributed by atoms with van der Waals surface area (Å²) in [5, 5.41) is 3.00. The van der Waals surface area contributed by atoms with Crippen LogP contribution < -0.4 is 14.4 Å². The first-order valence-electron chi connectivity index (χ1n) is 8.81. The smallest absolute Gasteiger partial charge is 0.253 e. The van der Waals surface area contributed by atoms with Crippen molar-refractivity contribution in [2.45, 2.75) is 45.6 Å². The minimum atomic E-state index is -3.48. The van der Waals surface area contributed by atoms with Gasteiger partial charge in [-0.15, -0.1) is 0 Å². The summed E-state index contributed by atoms with van der Waals surface area (Å²) >= 11 is 0. The third-order valence-corrected chi connectivity index (χ3v) is 6.61. The van der Waals surface area contributed by atoms with Gasteiger partial charge in [0.25, 0.3) is 5.91 Å². The molecule has 1 amide bonds. The van der Waals surface area contributed by atoms with Crippen LogP contribution in [0.3, 0.4) is 0 Å². The zero-order valence-corrected chi connectivity index (χ0v) is 15.5. The van der Waals surface area contributed by atoms with E-state index in [1.165, 1.54) is 10.5 Å². The lowest BCUT2D eigenvalue weighted by molar-refractivity contribution is 0.0937. The lowest BCUT2D eigenvalue weighted by atomic mass is 10.2. The molecule has 25 heavy (non-hydrogen) atoms. The van der Waals surface area contributed by atoms with E-state index in [9.17, 15) is 13.2 Å². The molecule has 0 spiro atoms. The molecule has 8 heteroatoms. The van der Waals surface area contributed by atoms with E-state index in [-0.39, 0.29) is 42.7 Å². The number of anilines is 1. The van der Waals surface area contributed by atoms with E-state index in [0.29, 0.717) is 11.3 Å². The number of hydrogen-bond donors (Lipinski definition) is 1. The topological polar surface area (TPSA) is 88.6 Å². The first kappa shape index (κ1) is 18.0. The Morgan fingerprint density at radius 2 is 2.12 bits per heavy atom. The van der Waals surface area contributed by atoms with E-state index in [1.54, 1.807) is 6.07 Å². The van der Waals surface area contributed by atoms with Crippen LogP contribution >= 0.6 is 0 Å². The van der Waals surface area contributed by atoms with Crippen molar-refractivity contribution >= 4 is 21.6 Å². The van der Waals surface area contributed by atoms with Crippen molar-refractivity contribution in [3.8, 4) is 5.88 Å².